The van der Waals surface area contributed by atoms with Gasteiger partial charge in [-0.1, -0.05) is 6.07 Å². The minimum absolute atomic E-state index is 0.119. The Balaban J connectivity index is 2.03. The summed E-state index contributed by atoms with van der Waals surface area (Å²) in [5, 5.41) is 3.41. The fourth-order valence-electron chi connectivity index (χ4n) is 1.92. The Morgan fingerprint density at radius 3 is 2.60 bits per heavy atom. The fourth-order valence-corrected chi connectivity index (χ4v) is 2.24. The molecule has 0 amide bonds. The average Bonchev–Trinajstić information content (AvgIpc) is 2.91. The van der Waals surface area contributed by atoms with Crippen LogP contribution in [0.5, 0.6) is 11.5 Å². The maximum atomic E-state index is 5.53. The molecule has 2 aromatic rings. The van der Waals surface area contributed by atoms with Crippen LogP contribution in [0.4, 0.5) is 0 Å². The van der Waals surface area contributed by atoms with Crippen molar-refractivity contribution < 1.29 is 13.9 Å². The summed E-state index contributed by atoms with van der Waals surface area (Å²) in [4.78, 5) is 0. The molecule has 0 bridgehead atoms. The third-order valence-corrected chi connectivity index (χ3v) is 3.54. The Bertz CT molecular complexity index is 568. The standard InChI is InChI=1S/C15H18BrNO3/c1-10(13-6-7-15(16)20-13)17-9-11-4-5-12(18-2)8-14(11)19-3/h4-8,10,17H,9H2,1-3H3. The Kier molecular flexibility index (Phi) is 5.09. The van der Waals surface area contributed by atoms with Crippen LogP contribution in [-0.2, 0) is 6.54 Å². The monoisotopic (exact) mass is 339 g/mol. The van der Waals surface area contributed by atoms with Gasteiger partial charge in [0.2, 0.25) is 0 Å². The summed E-state index contributed by atoms with van der Waals surface area (Å²) in [5.74, 6) is 2.49. The van der Waals surface area contributed by atoms with E-state index in [4.69, 9.17) is 13.9 Å². The van der Waals surface area contributed by atoms with Crippen LogP contribution >= 0.6 is 15.9 Å². The number of hydrogen-bond acceptors (Lipinski definition) is 4. The number of rotatable bonds is 6. The van der Waals surface area contributed by atoms with Crippen molar-refractivity contribution in [1.29, 1.82) is 0 Å². The van der Waals surface area contributed by atoms with Crippen molar-refractivity contribution in [2.24, 2.45) is 0 Å². The van der Waals surface area contributed by atoms with Crippen LogP contribution in [0.2, 0.25) is 0 Å². The minimum atomic E-state index is 0.119. The average molecular weight is 340 g/mol. The quantitative estimate of drug-likeness (QED) is 0.866. The molecular weight excluding hydrogens is 322 g/mol. The molecule has 108 valence electrons. The van der Waals surface area contributed by atoms with E-state index < -0.39 is 0 Å². The lowest BCUT2D eigenvalue weighted by atomic mass is 10.1. The highest BCUT2D eigenvalue weighted by Gasteiger charge is 2.11. The highest BCUT2D eigenvalue weighted by atomic mass is 79.9. The summed E-state index contributed by atoms with van der Waals surface area (Å²) in [6.07, 6.45) is 0. The third-order valence-electron chi connectivity index (χ3n) is 3.11. The lowest BCUT2D eigenvalue weighted by Gasteiger charge is -2.14. The van der Waals surface area contributed by atoms with Gasteiger partial charge in [-0.05, 0) is 41.1 Å². The SMILES string of the molecule is COc1ccc(CNC(C)c2ccc(Br)o2)c(OC)c1. The van der Waals surface area contributed by atoms with E-state index in [2.05, 4.69) is 28.2 Å². The zero-order valence-corrected chi connectivity index (χ0v) is 13.4. The fraction of sp³-hybridized carbons (Fsp3) is 0.333. The normalized spacial score (nSPS) is 12.2. The highest BCUT2D eigenvalue weighted by Crippen LogP contribution is 2.26. The molecule has 0 aliphatic carbocycles. The maximum Gasteiger partial charge on any atom is 0.169 e. The number of hydrogen-bond donors (Lipinski definition) is 1. The lowest BCUT2D eigenvalue weighted by Crippen LogP contribution is -2.18. The maximum absolute atomic E-state index is 5.53. The van der Waals surface area contributed by atoms with Gasteiger partial charge in [0.05, 0.1) is 20.3 Å². The number of methoxy groups -OCH3 is 2. The Morgan fingerprint density at radius 1 is 1.20 bits per heavy atom. The lowest BCUT2D eigenvalue weighted by molar-refractivity contribution is 0.384. The summed E-state index contributed by atoms with van der Waals surface area (Å²) in [6, 6.07) is 9.76. The Morgan fingerprint density at radius 2 is 2.00 bits per heavy atom. The van der Waals surface area contributed by atoms with Gasteiger partial charge in [-0.2, -0.15) is 0 Å². The molecule has 0 aliphatic rings. The molecule has 1 N–H and O–H groups in total. The van der Waals surface area contributed by atoms with Crippen molar-refractivity contribution in [2.45, 2.75) is 19.5 Å². The van der Waals surface area contributed by atoms with Crippen molar-refractivity contribution in [1.82, 2.24) is 5.32 Å². The van der Waals surface area contributed by atoms with Gasteiger partial charge in [0.1, 0.15) is 17.3 Å². The first-order chi connectivity index (χ1) is 9.63. The van der Waals surface area contributed by atoms with Crippen molar-refractivity contribution in [2.75, 3.05) is 14.2 Å². The van der Waals surface area contributed by atoms with E-state index in [-0.39, 0.29) is 6.04 Å². The van der Waals surface area contributed by atoms with Crippen molar-refractivity contribution in [3.8, 4) is 11.5 Å². The zero-order chi connectivity index (χ0) is 14.5. The molecule has 1 aromatic carbocycles. The van der Waals surface area contributed by atoms with Crippen LogP contribution in [0.1, 0.15) is 24.3 Å². The first-order valence-electron chi connectivity index (χ1n) is 6.33. The minimum Gasteiger partial charge on any atom is -0.497 e. The summed E-state index contributed by atoms with van der Waals surface area (Å²) in [5.41, 5.74) is 1.07. The number of nitrogens with one attached hydrogen (secondary N) is 1. The second-order valence-corrected chi connectivity index (χ2v) is 5.20. The van der Waals surface area contributed by atoms with Gasteiger partial charge in [-0.25, -0.2) is 0 Å². The molecule has 1 unspecified atom stereocenters. The van der Waals surface area contributed by atoms with Crippen LogP contribution in [0, 0.1) is 0 Å². The second kappa shape index (κ2) is 6.81. The van der Waals surface area contributed by atoms with E-state index in [1.807, 2.05) is 30.3 Å². The summed E-state index contributed by atoms with van der Waals surface area (Å²) in [7, 11) is 3.30. The van der Waals surface area contributed by atoms with Crippen LogP contribution in [0.3, 0.4) is 0 Å². The van der Waals surface area contributed by atoms with Gasteiger partial charge in [0.15, 0.2) is 4.67 Å². The van der Waals surface area contributed by atoms with Gasteiger partial charge < -0.3 is 19.2 Å². The largest absolute Gasteiger partial charge is 0.497 e. The van der Waals surface area contributed by atoms with Crippen LogP contribution in [0.15, 0.2) is 39.4 Å². The smallest absolute Gasteiger partial charge is 0.169 e. The molecule has 4 nitrogen and oxygen atoms in total. The van der Waals surface area contributed by atoms with Gasteiger partial charge in [-0.3, -0.25) is 0 Å². The molecule has 2 rings (SSSR count). The summed E-state index contributed by atoms with van der Waals surface area (Å²) >= 11 is 3.31. The Labute approximate surface area is 127 Å². The molecule has 0 radical (unpaired) electrons. The molecule has 20 heavy (non-hydrogen) atoms. The zero-order valence-electron chi connectivity index (χ0n) is 11.8. The predicted molar refractivity (Wildman–Crippen MR) is 81.2 cm³/mol. The highest BCUT2D eigenvalue weighted by molar-refractivity contribution is 9.10. The molecule has 1 heterocycles. The molecule has 0 saturated carbocycles. The van der Waals surface area contributed by atoms with Crippen molar-refractivity contribution in [3.63, 3.8) is 0 Å². The topological polar surface area (TPSA) is 43.6 Å². The predicted octanol–water partition coefficient (Wildman–Crippen LogP) is 3.91. The number of furan rings is 1. The van der Waals surface area contributed by atoms with Gasteiger partial charge >= 0.3 is 0 Å². The van der Waals surface area contributed by atoms with E-state index in [0.29, 0.717) is 6.54 Å². The molecule has 5 heteroatoms. The van der Waals surface area contributed by atoms with E-state index in [9.17, 15) is 0 Å². The first-order valence-corrected chi connectivity index (χ1v) is 7.13. The van der Waals surface area contributed by atoms with Gasteiger partial charge in [0.25, 0.3) is 0 Å². The molecule has 1 aromatic heterocycles. The number of benzene rings is 1. The number of halogens is 1. The van der Waals surface area contributed by atoms with Gasteiger partial charge in [0, 0.05) is 18.2 Å². The molecular formula is C15H18BrNO3. The van der Waals surface area contributed by atoms with E-state index in [1.54, 1.807) is 14.2 Å². The van der Waals surface area contributed by atoms with E-state index in [1.165, 1.54) is 0 Å². The summed E-state index contributed by atoms with van der Waals surface area (Å²) < 4.78 is 16.8. The van der Waals surface area contributed by atoms with E-state index >= 15 is 0 Å². The van der Waals surface area contributed by atoms with Gasteiger partial charge in [-0.15, -0.1) is 0 Å². The van der Waals surface area contributed by atoms with E-state index in [0.717, 1.165) is 27.5 Å². The molecule has 1 atom stereocenters. The molecule has 0 aliphatic heterocycles. The van der Waals surface area contributed by atoms with Crippen LogP contribution in [-0.4, -0.2) is 14.2 Å². The summed E-state index contributed by atoms with van der Waals surface area (Å²) in [6.45, 7) is 2.74. The molecule has 0 saturated heterocycles. The van der Waals surface area contributed by atoms with Crippen molar-refractivity contribution in [3.05, 3.63) is 46.3 Å². The molecule has 0 fully saturated rings. The Hall–Kier alpha value is -1.46. The van der Waals surface area contributed by atoms with Crippen LogP contribution in [0.25, 0.3) is 0 Å². The molecule has 0 spiro atoms. The van der Waals surface area contributed by atoms with Crippen molar-refractivity contribution >= 4 is 15.9 Å². The first kappa shape index (κ1) is 14.9. The third kappa shape index (κ3) is 3.55. The second-order valence-electron chi connectivity index (χ2n) is 4.42. The van der Waals surface area contributed by atoms with Crippen LogP contribution < -0.4 is 14.8 Å². The number of ether oxygens (including phenoxy) is 2.